The third-order valence-electron chi connectivity index (χ3n) is 5.40. The highest BCUT2D eigenvalue weighted by Crippen LogP contribution is 2.30. The van der Waals surface area contributed by atoms with E-state index in [-0.39, 0.29) is 42.2 Å². The quantitative estimate of drug-likeness (QED) is 0.268. The minimum atomic E-state index is -0.652. The van der Waals surface area contributed by atoms with E-state index in [9.17, 15) is 19.7 Å². The molecule has 9 heteroatoms. The molecule has 9 nitrogen and oxygen atoms in total. The average molecular weight is 472 g/mol. The van der Waals surface area contributed by atoms with E-state index in [1.165, 1.54) is 30.2 Å². The molecule has 0 heterocycles. The molecular formula is C25H33N3O6. The molecule has 0 unspecified atom stereocenters. The van der Waals surface area contributed by atoms with Crippen molar-refractivity contribution >= 4 is 17.5 Å². The highest BCUT2D eigenvalue weighted by atomic mass is 16.6. The van der Waals surface area contributed by atoms with Crippen LogP contribution in [-0.4, -0.2) is 47.9 Å². The molecule has 0 bridgehead atoms. The Labute approximate surface area is 200 Å². The fourth-order valence-corrected chi connectivity index (χ4v) is 3.44. The monoisotopic (exact) mass is 471 g/mol. The minimum Gasteiger partial charge on any atom is -0.490 e. The van der Waals surface area contributed by atoms with Crippen molar-refractivity contribution in [3.63, 3.8) is 0 Å². The summed E-state index contributed by atoms with van der Waals surface area (Å²) in [5.41, 5.74) is 1.80. The Morgan fingerprint density at radius 1 is 1.15 bits per heavy atom. The van der Waals surface area contributed by atoms with Crippen LogP contribution in [-0.2, 0) is 16.1 Å². The molecule has 184 valence electrons. The molecule has 1 atom stereocenters. The number of benzene rings is 2. The Hall–Kier alpha value is -3.62. The van der Waals surface area contributed by atoms with E-state index in [0.717, 1.165) is 24.0 Å². The first-order valence-electron chi connectivity index (χ1n) is 11.4. The van der Waals surface area contributed by atoms with E-state index in [0.29, 0.717) is 13.0 Å². The molecule has 0 aromatic heterocycles. The fourth-order valence-electron chi connectivity index (χ4n) is 3.44. The molecule has 2 amide bonds. The van der Waals surface area contributed by atoms with Crippen molar-refractivity contribution in [3.8, 4) is 11.5 Å². The zero-order valence-electron chi connectivity index (χ0n) is 20.2. The van der Waals surface area contributed by atoms with Crippen LogP contribution in [0.15, 0.2) is 42.5 Å². The van der Waals surface area contributed by atoms with E-state index >= 15 is 0 Å². The number of methoxy groups -OCH3 is 1. The number of rotatable bonds is 13. The summed E-state index contributed by atoms with van der Waals surface area (Å²) in [4.78, 5) is 38.2. The number of ether oxygens (including phenoxy) is 2. The summed E-state index contributed by atoms with van der Waals surface area (Å²) >= 11 is 0. The van der Waals surface area contributed by atoms with Gasteiger partial charge < -0.3 is 19.7 Å². The summed E-state index contributed by atoms with van der Waals surface area (Å²) in [6.45, 7) is 6.37. The SMILES string of the molecule is CCCCNC(=O)[C@@H](CC)N(Cc1ccc(C)cc1)C(=O)COc1ccc([N+](=O)[O-])c(OC)c1. The van der Waals surface area contributed by atoms with Crippen LogP contribution < -0.4 is 14.8 Å². The van der Waals surface area contributed by atoms with Gasteiger partial charge in [0.25, 0.3) is 5.91 Å². The van der Waals surface area contributed by atoms with Gasteiger partial charge in [0.05, 0.1) is 12.0 Å². The van der Waals surface area contributed by atoms with Gasteiger partial charge in [0.15, 0.2) is 6.61 Å². The fraction of sp³-hybridized carbons (Fsp3) is 0.440. The van der Waals surface area contributed by atoms with E-state index in [4.69, 9.17) is 9.47 Å². The highest BCUT2D eigenvalue weighted by Gasteiger charge is 2.29. The molecule has 0 aliphatic heterocycles. The van der Waals surface area contributed by atoms with E-state index in [2.05, 4.69) is 5.32 Å². The van der Waals surface area contributed by atoms with E-state index in [1.807, 2.05) is 45.0 Å². The lowest BCUT2D eigenvalue weighted by Gasteiger charge is -2.30. The van der Waals surface area contributed by atoms with Gasteiger partial charge in [0, 0.05) is 25.2 Å². The predicted octanol–water partition coefficient (Wildman–Crippen LogP) is 4.01. The first-order valence-corrected chi connectivity index (χ1v) is 11.4. The lowest BCUT2D eigenvalue weighted by Crippen LogP contribution is -2.50. The zero-order valence-corrected chi connectivity index (χ0v) is 20.2. The number of unbranched alkanes of at least 4 members (excludes halogenated alkanes) is 1. The van der Waals surface area contributed by atoms with Crippen molar-refractivity contribution in [1.82, 2.24) is 10.2 Å². The van der Waals surface area contributed by atoms with Gasteiger partial charge >= 0.3 is 5.69 Å². The predicted molar refractivity (Wildman–Crippen MR) is 129 cm³/mol. The normalized spacial score (nSPS) is 11.4. The summed E-state index contributed by atoms with van der Waals surface area (Å²) in [6, 6.07) is 11.2. The van der Waals surface area contributed by atoms with Crippen molar-refractivity contribution in [1.29, 1.82) is 0 Å². The number of carbonyl (C=O) groups is 2. The summed E-state index contributed by atoms with van der Waals surface area (Å²) in [5.74, 6) is -0.275. The van der Waals surface area contributed by atoms with Crippen LogP contribution in [0.3, 0.4) is 0 Å². The molecule has 0 aliphatic carbocycles. The van der Waals surface area contributed by atoms with Crippen LogP contribution in [0.5, 0.6) is 11.5 Å². The van der Waals surface area contributed by atoms with Gasteiger partial charge in [-0.25, -0.2) is 0 Å². The summed E-state index contributed by atoms with van der Waals surface area (Å²) in [6.07, 6.45) is 2.26. The van der Waals surface area contributed by atoms with Gasteiger partial charge in [0.1, 0.15) is 11.8 Å². The number of nitro benzene ring substituents is 1. The minimum absolute atomic E-state index is 0.0354. The molecule has 2 rings (SSSR count). The maximum atomic E-state index is 13.2. The van der Waals surface area contributed by atoms with Crippen molar-refractivity contribution in [2.24, 2.45) is 0 Å². The summed E-state index contributed by atoms with van der Waals surface area (Å²) in [5, 5.41) is 14.0. The maximum absolute atomic E-state index is 13.2. The van der Waals surface area contributed by atoms with Gasteiger partial charge in [-0.1, -0.05) is 50.1 Å². The van der Waals surface area contributed by atoms with Crippen molar-refractivity contribution in [2.75, 3.05) is 20.3 Å². The number of hydrogen-bond donors (Lipinski definition) is 1. The first kappa shape index (κ1) is 26.6. The lowest BCUT2D eigenvalue weighted by atomic mass is 10.1. The van der Waals surface area contributed by atoms with Gasteiger partial charge in [0.2, 0.25) is 11.7 Å². The second-order valence-corrected chi connectivity index (χ2v) is 7.96. The Kier molecular flexibility index (Phi) is 10.3. The van der Waals surface area contributed by atoms with Crippen LogP contribution in [0, 0.1) is 17.0 Å². The van der Waals surface area contributed by atoms with Crippen LogP contribution >= 0.6 is 0 Å². The lowest BCUT2D eigenvalue weighted by molar-refractivity contribution is -0.385. The number of nitrogens with zero attached hydrogens (tertiary/aromatic N) is 2. The molecule has 1 N–H and O–H groups in total. The van der Waals surface area contributed by atoms with Gasteiger partial charge in [-0.15, -0.1) is 0 Å². The second kappa shape index (κ2) is 13.2. The topological polar surface area (TPSA) is 111 Å². The third kappa shape index (κ3) is 7.47. The molecule has 0 saturated carbocycles. The number of amides is 2. The maximum Gasteiger partial charge on any atom is 0.311 e. The molecule has 0 fully saturated rings. The Bertz CT molecular complexity index is 977. The van der Waals surface area contributed by atoms with Gasteiger partial charge in [-0.3, -0.25) is 19.7 Å². The largest absolute Gasteiger partial charge is 0.490 e. The molecule has 0 spiro atoms. The molecular weight excluding hydrogens is 438 g/mol. The highest BCUT2D eigenvalue weighted by molar-refractivity contribution is 5.88. The molecule has 2 aromatic rings. The molecule has 34 heavy (non-hydrogen) atoms. The van der Waals surface area contributed by atoms with E-state index < -0.39 is 11.0 Å². The summed E-state index contributed by atoms with van der Waals surface area (Å²) < 4.78 is 10.7. The van der Waals surface area contributed by atoms with Crippen molar-refractivity contribution < 1.29 is 24.0 Å². The Morgan fingerprint density at radius 2 is 1.85 bits per heavy atom. The number of nitrogens with one attached hydrogen (secondary N) is 1. The number of hydrogen-bond acceptors (Lipinski definition) is 6. The second-order valence-electron chi connectivity index (χ2n) is 7.96. The van der Waals surface area contributed by atoms with Crippen LogP contribution in [0.4, 0.5) is 5.69 Å². The van der Waals surface area contributed by atoms with Gasteiger partial charge in [-0.2, -0.15) is 0 Å². The molecule has 0 aliphatic rings. The smallest absolute Gasteiger partial charge is 0.311 e. The van der Waals surface area contributed by atoms with Crippen molar-refractivity contribution in [3.05, 3.63) is 63.7 Å². The van der Waals surface area contributed by atoms with Crippen LogP contribution in [0.25, 0.3) is 0 Å². The van der Waals surface area contributed by atoms with Crippen LogP contribution in [0.1, 0.15) is 44.2 Å². The zero-order chi connectivity index (χ0) is 25.1. The molecule has 0 saturated heterocycles. The number of aryl methyl sites for hydroxylation is 1. The third-order valence-corrected chi connectivity index (χ3v) is 5.40. The Morgan fingerprint density at radius 3 is 2.44 bits per heavy atom. The number of carbonyl (C=O) groups excluding carboxylic acids is 2. The van der Waals surface area contributed by atoms with E-state index in [1.54, 1.807) is 0 Å². The van der Waals surface area contributed by atoms with Gasteiger partial charge in [-0.05, 0) is 31.4 Å². The molecule has 0 radical (unpaired) electrons. The summed E-state index contributed by atoms with van der Waals surface area (Å²) in [7, 11) is 1.32. The Balaban J connectivity index is 2.21. The number of nitro groups is 1. The first-order chi connectivity index (χ1) is 16.3. The standard InChI is InChI=1S/C25H33N3O6/c1-5-7-14-26-25(30)21(6-2)27(16-19-10-8-18(3)9-11-19)24(29)17-34-20-12-13-22(28(31)32)23(15-20)33-4/h8-13,15,21H,5-7,14,16-17H2,1-4H3,(H,26,30)/t21-/m1/s1. The van der Waals surface area contributed by atoms with Crippen molar-refractivity contribution in [2.45, 2.75) is 52.6 Å². The molecule has 2 aromatic carbocycles. The average Bonchev–Trinajstić information content (AvgIpc) is 2.83. The van der Waals surface area contributed by atoms with Crippen LogP contribution in [0.2, 0.25) is 0 Å².